The maximum absolute atomic E-state index is 13.0. The lowest BCUT2D eigenvalue weighted by Gasteiger charge is -2.15. The molecule has 0 fully saturated rings. The first-order valence-corrected chi connectivity index (χ1v) is 11.5. The van der Waals surface area contributed by atoms with Crippen LogP contribution in [-0.4, -0.2) is 42.8 Å². The van der Waals surface area contributed by atoms with Crippen LogP contribution in [0.2, 0.25) is 0 Å². The summed E-state index contributed by atoms with van der Waals surface area (Å²) in [5.74, 6) is 1.28. The molecule has 7 nitrogen and oxygen atoms in total. The highest BCUT2D eigenvalue weighted by atomic mass is 127. The highest BCUT2D eigenvalue weighted by Gasteiger charge is 2.14. The maximum atomic E-state index is 13.0. The lowest BCUT2D eigenvalue weighted by Crippen LogP contribution is -2.21. The number of carbonyl (C=O) groups is 1. The van der Waals surface area contributed by atoms with Crippen molar-refractivity contribution in [2.45, 2.75) is 11.0 Å². The Balaban J connectivity index is 1.75. The normalized spacial score (nSPS) is 10.4. The Hall–Kier alpha value is -3.14. The van der Waals surface area contributed by atoms with Gasteiger partial charge in [0.1, 0.15) is 17.4 Å². The third-order valence-electron chi connectivity index (χ3n) is 4.85. The molecule has 0 bridgehead atoms. The molecule has 3 rings (SSSR count). The molecule has 2 aromatic carbocycles. The van der Waals surface area contributed by atoms with E-state index in [2.05, 4.69) is 38.2 Å². The van der Waals surface area contributed by atoms with E-state index in [-0.39, 0.29) is 5.91 Å². The largest absolute Gasteiger partial charge is 0.497 e. The molecule has 32 heavy (non-hydrogen) atoms. The van der Waals surface area contributed by atoms with E-state index in [0.717, 1.165) is 21.1 Å². The Morgan fingerprint density at radius 1 is 1.09 bits per heavy atom. The average Bonchev–Trinajstić information content (AvgIpc) is 2.82. The van der Waals surface area contributed by atoms with Gasteiger partial charge < -0.3 is 20.3 Å². The smallest absolute Gasteiger partial charge is 0.259 e. The first kappa shape index (κ1) is 23.5. The molecule has 0 aliphatic rings. The summed E-state index contributed by atoms with van der Waals surface area (Å²) in [7, 11) is 5.27. The fourth-order valence-corrected chi connectivity index (χ4v) is 3.44. The number of nitrogens with zero attached hydrogens (tertiary/aromatic N) is 2. The number of alkyl halides is 1. The molecule has 0 spiro atoms. The summed E-state index contributed by atoms with van der Waals surface area (Å²) in [5.41, 5.74) is 4.15. The number of ether oxygens (including phenoxy) is 1. The van der Waals surface area contributed by atoms with Crippen molar-refractivity contribution >= 4 is 45.8 Å². The van der Waals surface area contributed by atoms with E-state index >= 15 is 0 Å². The first-order chi connectivity index (χ1) is 15.4. The predicted octanol–water partition coefficient (Wildman–Crippen LogP) is 4.78. The van der Waals surface area contributed by atoms with Crippen LogP contribution in [0.4, 0.5) is 11.5 Å². The second-order valence-corrected chi connectivity index (χ2v) is 8.11. The highest BCUT2D eigenvalue weighted by Crippen LogP contribution is 2.24. The van der Waals surface area contributed by atoms with Gasteiger partial charge in [-0.05, 0) is 35.4 Å². The van der Waals surface area contributed by atoms with Gasteiger partial charge in [0.05, 0.1) is 12.7 Å². The molecule has 166 valence electrons. The Labute approximate surface area is 201 Å². The van der Waals surface area contributed by atoms with Gasteiger partial charge in [0.2, 0.25) is 0 Å². The molecule has 0 radical (unpaired) electrons. The SMILES string of the molecule is COc1ccc(NCc2ccc(C(=N)N(C)C)cc2)c(C(=O)Nc2ccc(CI)cn2)c1. The summed E-state index contributed by atoms with van der Waals surface area (Å²) in [6.45, 7) is 0.533. The third kappa shape index (κ3) is 5.97. The van der Waals surface area contributed by atoms with Crippen molar-refractivity contribution in [3.8, 4) is 5.75 Å². The van der Waals surface area contributed by atoms with Crippen LogP contribution >= 0.6 is 22.6 Å². The minimum absolute atomic E-state index is 0.268. The molecule has 0 unspecified atom stereocenters. The van der Waals surface area contributed by atoms with Crippen LogP contribution in [0.15, 0.2) is 60.8 Å². The van der Waals surface area contributed by atoms with Crippen LogP contribution in [-0.2, 0) is 11.0 Å². The summed E-state index contributed by atoms with van der Waals surface area (Å²) in [6.07, 6.45) is 1.76. The molecule has 8 heteroatoms. The summed E-state index contributed by atoms with van der Waals surface area (Å²) >= 11 is 2.27. The van der Waals surface area contributed by atoms with Crippen molar-refractivity contribution in [3.05, 3.63) is 83.0 Å². The van der Waals surface area contributed by atoms with Crippen molar-refractivity contribution in [2.75, 3.05) is 31.8 Å². The quantitative estimate of drug-likeness (QED) is 0.165. The van der Waals surface area contributed by atoms with Gasteiger partial charge in [-0.25, -0.2) is 4.98 Å². The lowest BCUT2D eigenvalue weighted by atomic mass is 10.1. The predicted molar refractivity (Wildman–Crippen MR) is 137 cm³/mol. The highest BCUT2D eigenvalue weighted by molar-refractivity contribution is 14.1. The third-order valence-corrected chi connectivity index (χ3v) is 5.73. The molecule has 3 N–H and O–H groups in total. The van der Waals surface area contributed by atoms with Gasteiger partial charge in [0, 0.05) is 42.5 Å². The molecule has 0 aliphatic heterocycles. The number of methoxy groups -OCH3 is 1. The van der Waals surface area contributed by atoms with E-state index in [1.54, 1.807) is 30.3 Å². The monoisotopic (exact) mass is 543 g/mol. The standard InChI is InChI=1S/C24H26IN5O2/c1-30(2)23(26)18-7-4-16(5-8-18)14-27-21-10-9-19(32-3)12-20(21)24(31)29-22-11-6-17(13-25)15-28-22/h4-12,15,26-27H,13-14H2,1-3H3,(H,28,29,31). The minimum Gasteiger partial charge on any atom is -0.497 e. The Kier molecular flexibility index (Phi) is 8.04. The number of hydrogen-bond acceptors (Lipinski definition) is 5. The number of hydrogen-bond donors (Lipinski definition) is 3. The summed E-state index contributed by atoms with van der Waals surface area (Å²) in [6, 6.07) is 16.9. The van der Waals surface area contributed by atoms with E-state index in [4.69, 9.17) is 10.1 Å². The number of halogens is 1. The molecule has 0 aliphatic carbocycles. The van der Waals surface area contributed by atoms with E-state index in [0.29, 0.717) is 35.2 Å². The summed E-state index contributed by atoms with van der Waals surface area (Å²) < 4.78 is 6.17. The van der Waals surface area contributed by atoms with Crippen LogP contribution in [0, 0.1) is 5.41 Å². The molecule has 0 saturated carbocycles. The number of amides is 1. The topological polar surface area (TPSA) is 90.3 Å². The van der Waals surface area contributed by atoms with E-state index in [9.17, 15) is 4.79 Å². The van der Waals surface area contributed by atoms with Crippen LogP contribution in [0.5, 0.6) is 5.75 Å². The van der Waals surface area contributed by atoms with Gasteiger partial charge in [-0.1, -0.05) is 52.9 Å². The molecule has 1 amide bonds. The fourth-order valence-electron chi connectivity index (χ4n) is 2.99. The van der Waals surface area contributed by atoms with E-state index in [1.165, 1.54) is 0 Å². The second kappa shape index (κ2) is 10.9. The van der Waals surface area contributed by atoms with E-state index < -0.39 is 0 Å². The van der Waals surface area contributed by atoms with Crippen LogP contribution in [0.3, 0.4) is 0 Å². The second-order valence-electron chi connectivity index (χ2n) is 7.34. The van der Waals surface area contributed by atoms with Crippen LogP contribution < -0.4 is 15.4 Å². The zero-order valence-corrected chi connectivity index (χ0v) is 20.4. The van der Waals surface area contributed by atoms with Gasteiger partial charge in [0.25, 0.3) is 5.91 Å². The lowest BCUT2D eigenvalue weighted by molar-refractivity contribution is 0.102. The van der Waals surface area contributed by atoms with Gasteiger partial charge in [-0.3, -0.25) is 10.2 Å². The number of nitrogens with one attached hydrogen (secondary N) is 3. The Morgan fingerprint density at radius 2 is 1.81 bits per heavy atom. The Morgan fingerprint density at radius 3 is 2.41 bits per heavy atom. The van der Waals surface area contributed by atoms with E-state index in [1.807, 2.05) is 56.6 Å². The number of carbonyl (C=O) groups excluding carboxylic acids is 1. The number of benzene rings is 2. The van der Waals surface area contributed by atoms with Crippen molar-refractivity contribution in [1.82, 2.24) is 9.88 Å². The number of pyridine rings is 1. The molecular weight excluding hydrogens is 517 g/mol. The molecule has 3 aromatic rings. The number of anilines is 2. The number of aromatic nitrogens is 1. The molecule has 0 saturated heterocycles. The summed E-state index contributed by atoms with van der Waals surface area (Å²) in [5, 5.41) is 14.3. The van der Waals surface area contributed by atoms with Gasteiger partial charge >= 0.3 is 0 Å². The van der Waals surface area contributed by atoms with Crippen LogP contribution in [0.25, 0.3) is 0 Å². The van der Waals surface area contributed by atoms with Crippen molar-refractivity contribution in [2.24, 2.45) is 0 Å². The Bertz CT molecular complexity index is 1080. The number of rotatable bonds is 8. The van der Waals surface area contributed by atoms with Crippen molar-refractivity contribution in [3.63, 3.8) is 0 Å². The zero-order valence-electron chi connectivity index (χ0n) is 18.3. The molecular formula is C24H26IN5O2. The van der Waals surface area contributed by atoms with Gasteiger partial charge in [-0.2, -0.15) is 0 Å². The minimum atomic E-state index is -0.268. The van der Waals surface area contributed by atoms with Gasteiger partial charge in [0.15, 0.2) is 0 Å². The number of amidine groups is 1. The van der Waals surface area contributed by atoms with Crippen molar-refractivity contribution < 1.29 is 9.53 Å². The molecule has 0 atom stereocenters. The average molecular weight is 543 g/mol. The van der Waals surface area contributed by atoms with Crippen molar-refractivity contribution in [1.29, 1.82) is 5.41 Å². The van der Waals surface area contributed by atoms with Gasteiger partial charge in [-0.15, -0.1) is 0 Å². The fraction of sp³-hybridized carbons (Fsp3) is 0.208. The zero-order chi connectivity index (χ0) is 23.1. The maximum Gasteiger partial charge on any atom is 0.259 e. The molecule has 1 aromatic heterocycles. The molecule has 1 heterocycles. The first-order valence-electron chi connectivity index (χ1n) is 10.0. The summed E-state index contributed by atoms with van der Waals surface area (Å²) in [4.78, 5) is 19.0. The van der Waals surface area contributed by atoms with Crippen LogP contribution in [0.1, 0.15) is 27.0 Å².